The minimum atomic E-state index is -4.38. The highest BCUT2D eigenvalue weighted by Gasteiger charge is 2.31. The van der Waals surface area contributed by atoms with E-state index in [9.17, 15) is 13.2 Å². The molecule has 8 heteroatoms. The van der Waals surface area contributed by atoms with E-state index in [-0.39, 0.29) is 11.5 Å². The summed E-state index contributed by atoms with van der Waals surface area (Å²) in [5, 5.41) is 0. The molecule has 0 radical (unpaired) electrons. The van der Waals surface area contributed by atoms with E-state index in [1.165, 1.54) is 17.4 Å². The lowest BCUT2D eigenvalue weighted by atomic mass is 10.2. The van der Waals surface area contributed by atoms with E-state index in [4.69, 9.17) is 5.73 Å². The predicted octanol–water partition coefficient (Wildman–Crippen LogP) is 3.14. The standard InChI is InChI=1S/C12H9F3N4S/c13-12(14,15)7-1-2-10-9(3-7)18-11(16)19(10)5-8-4-17-6-20-8/h1-4,6H,5H2,(H2,16,18). The van der Waals surface area contributed by atoms with Crippen molar-refractivity contribution in [2.24, 2.45) is 0 Å². The molecule has 0 aliphatic heterocycles. The molecule has 1 aromatic carbocycles. The van der Waals surface area contributed by atoms with Crippen LogP contribution in [0.3, 0.4) is 0 Å². The fourth-order valence-corrected chi connectivity index (χ4v) is 2.55. The van der Waals surface area contributed by atoms with Crippen molar-refractivity contribution < 1.29 is 13.2 Å². The summed E-state index contributed by atoms with van der Waals surface area (Å²) in [6.07, 6.45) is -2.69. The SMILES string of the molecule is Nc1nc2cc(C(F)(F)F)ccc2n1Cc1cncs1. The van der Waals surface area contributed by atoms with Crippen LogP contribution in [0.15, 0.2) is 29.9 Å². The summed E-state index contributed by atoms with van der Waals surface area (Å²) >= 11 is 1.45. The van der Waals surface area contributed by atoms with E-state index in [1.54, 1.807) is 16.3 Å². The van der Waals surface area contributed by atoms with Crippen LogP contribution in [0.2, 0.25) is 0 Å². The maximum Gasteiger partial charge on any atom is 0.416 e. The normalized spacial score (nSPS) is 12.2. The molecule has 0 amide bonds. The van der Waals surface area contributed by atoms with Crippen molar-refractivity contribution in [2.75, 3.05) is 5.73 Å². The minimum Gasteiger partial charge on any atom is -0.369 e. The molecule has 2 aromatic heterocycles. The summed E-state index contributed by atoms with van der Waals surface area (Å²) in [6, 6.07) is 3.43. The van der Waals surface area contributed by atoms with Crippen molar-refractivity contribution >= 4 is 28.3 Å². The Morgan fingerprint density at radius 3 is 2.75 bits per heavy atom. The predicted molar refractivity (Wildman–Crippen MR) is 70.4 cm³/mol. The zero-order valence-electron chi connectivity index (χ0n) is 10.1. The van der Waals surface area contributed by atoms with Gasteiger partial charge in [0, 0.05) is 11.1 Å². The molecule has 20 heavy (non-hydrogen) atoms. The van der Waals surface area contributed by atoms with Crippen LogP contribution < -0.4 is 5.73 Å². The first-order valence-electron chi connectivity index (χ1n) is 5.65. The Labute approximate surface area is 115 Å². The van der Waals surface area contributed by atoms with Crippen LogP contribution in [0, 0.1) is 0 Å². The second-order valence-electron chi connectivity index (χ2n) is 4.23. The van der Waals surface area contributed by atoms with Crippen LogP contribution in [0.1, 0.15) is 10.4 Å². The van der Waals surface area contributed by atoms with E-state index in [0.717, 1.165) is 17.0 Å². The molecular weight excluding hydrogens is 289 g/mol. The molecule has 0 saturated heterocycles. The van der Waals surface area contributed by atoms with Gasteiger partial charge in [0.25, 0.3) is 0 Å². The first-order chi connectivity index (χ1) is 9.45. The van der Waals surface area contributed by atoms with Gasteiger partial charge in [-0.05, 0) is 18.2 Å². The number of benzene rings is 1. The number of thiazole rings is 1. The summed E-state index contributed by atoms with van der Waals surface area (Å²) in [4.78, 5) is 8.90. The van der Waals surface area contributed by atoms with Crippen molar-refractivity contribution in [1.29, 1.82) is 0 Å². The minimum absolute atomic E-state index is 0.188. The zero-order valence-corrected chi connectivity index (χ0v) is 10.9. The van der Waals surface area contributed by atoms with Gasteiger partial charge in [0.1, 0.15) is 0 Å². The number of nitrogens with zero attached hydrogens (tertiary/aromatic N) is 3. The molecule has 3 rings (SSSR count). The second kappa shape index (κ2) is 4.48. The molecule has 0 saturated carbocycles. The van der Waals surface area contributed by atoms with E-state index in [2.05, 4.69) is 9.97 Å². The monoisotopic (exact) mass is 298 g/mol. The van der Waals surface area contributed by atoms with Gasteiger partial charge in [0.15, 0.2) is 0 Å². The third-order valence-corrected chi connectivity index (χ3v) is 3.67. The van der Waals surface area contributed by atoms with Crippen LogP contribution in [0.5, 0.6) is 0 Å². The molecule has 104 valence electrons. The number of fused-ring (bicyclic) bond motifs is 1. The number of nitrogens with two attached hydrogens (primary N) is 1. The van der Waals surface area contributed by atoms with Crippen molar-refractivity contribution in [3.8, 4) is 0 Å². The Kier molecular flexibility index (Phi) is 2.89. The molecule has 0 atom stereocenters. The summed E-state index contributed by atoms with van der Waals surface area (Å²) in [7, 11) is 0. The molecule has 0 aliphatic rings. The van der Waals surface area contributed by atoms with Crippen LogP contribution in [0.4, 0.5) is 19.1 Å². The summed E-state index contributed by atoms with van der Waals surface area (Å²) < 4.78 is 39.6. The number of aromatic nitrogens is 3. The maximum absolute atomic E-state index is 12.7. The van der Waals surface area contributed by atoms with Gasteiger partial charge in [0.2, 0.25) is 5.95 Å². The van der Waals surface area contributed by atoms with Crippen molar-refractivity contribution in [3.63, 3.8) is 0 Å². The highest BCUT2D eigenvalue weighted by atomic mass is 32.1. The lowest BCUT2D eigenvalue weighted by molar-refractivity contribution is -0.137. The Morgan fingerprint density at radius 2 is 2.10 bits per heavy atom. The highest BCUT2D eigenvalue weighted by Crippen LogP contribution is 2.32. The average Bonchev–Trinajstić information content (AvgIpc) is 2.97. The fourth-order valence-electron chi connectivity index (χ4n) is 1.97. The molecule has 4 nitrogen and oxygen atoms in total. The fraction of sp³-hybridized carbons (Fsp3) is 0.167. The summed E-state index contributed by atoms with van der Waals surface area (Å²) in [6.45, 7) is 0.443. The van der Waals surface area contributed by atoms with Gasteiger partial charge in [-0.1, -0.05) is 0 Å². The molecule has 0 spiro atoms. The van der Waals surface area contributed by atoms with Gasteiger partial charge in [-0.25, -0.2) is 4.98 Å². The Balaban J connectivity index is 2.08. The van der Waals surface area contributed by atoms with Crippen LogP contribution in [0.25, 0.3) is 11.0 Å². The number of alkyl halides is 3. The summed E-state index contributed by atoms with van der Waals surface area (Å²) in [5.41, 5.74) is 7.55. The van der Waals surface area contributed by atoms with Gasteiger partial charge in [0.05, 0.1) is 28.7 Å². The highest BCUT2D eigenvalue weighted by molar-refractivity contribution is 7.09. The van der Waals surface area contributed by atoms with Crippen molar-refractivity contribution in [1.82, 2.24) is 14.5 Å². The average molecular weight is 298 g/mol. The van der Waals surface area contributed by atoms with E-state index < -0.39 is 11.7 Å². The zero-order chi connectivity index (χ0) is 14.3. The second-order valence-corrected chi connectivity index (χ2v) is 5.20. The number of rotatable bonds is 2. The van der Waals surface area contributed by atoms with E-state index in [1.807, 2.05) is 0 Å². The molecule has 3 aromatic rings. The largest absolute Gasteiger partial charge is 0.416 e. The number of hydrogen-bond donors (Lipinski definition) is 1. The van der Waals surface area contributed by atoms with Crippen LogP contribution >= 0.6 is 11.3 Å². The number of nitrogen functional groups attached to an aromatic ring is 1. The first-order valence-corrected chi connectivity index (χ1v) is 6.53. The molecule has 0 aliphatic carbocycles. The third kappa shape index (κ3) is 2.22. The third-order valence-electron chi connectivity index (χ3n) is 2.90. The molecule has 0 bridgehead atoms. The van der Waals surface area contributed by atoms with Gasteiger partial charge in [-0.2, -0.15) is 13.2 Å². The van der Waals surface area contributed by atoms with Crippen LogP contribution in [-0.4, -0.2) is 14.5 Å². The van der Waals surface area contributed by atoms with Crippen molar-refractivity contribution in [3.05, 3.63) is 40.3 Å². The van der Waals surface area contributed by atoms with Gasteiger partial charge in [-0.3, -0.25) is 4.98 Å². The Hall–Kier alpha value is -2.09. The molecule has 0 fully saturated rings. The Morgan fingerprint density at radius 1 is 1.30 bits per heavy atom. The lowest BCUT2D eigenvalue weighted by Gasteiger charge is -2.07. The quantitative estimate of drug-likeness (QED) is 0.790. The van der Waals surface area contributed by atoms with Crippen LogP contribution in [-0.2, 0) is 12.7 Å². The number of hydrogen-bond acceptors (Lipinski definition) is 4. The summed E-state index contributed by atoms with van der Waals surface area (Å²) in [5.74, 6) is 0.188. The van der Waals surface area contributed by atoms with Gasteiger partial charge < -0.3 is 10.3 Å². The lowest BCUT2D eigenvalue weighted by Crippen LogP contribution is -2.05. The molecule has 2 heterocycles. The van der Waals surface area contributed by atoms with E-state index >= 15 is 0 Å². The number of anilines is 1. The topological polar surface area (TPSA) is 56.7 Å². The first kappa shape index (κ1) is 12.9. The van der Waals surface area contributed by atoms with Crippen molar-refractivity contribution in [2.45, 2.75) is 12.7 Å². The maximum atomic E-state index is 12.7. The Bertz CT molecular complexity index is 746. The van der Waals surface area contributed by atoms with E-state index in [0.29, 0.717) is 12.1 Å². The van der Waals surface area contributed by atoms with Gasteiger partial charge in [-0.15, -0.1) is 11.3 Å². The molecule has 0 unspecified atom stereocenters. The number of halogens is 3. The smallest absolute Gasteiger partial charge is 0.369 e. The molecule has 2 N–H and O–H groups in total. The number of imidazole rings is 1. The molecular formula is C12H9F3N4S. The van der Waals surface area contributed by atoms with Gasteiger partial charge >= 0.3 is 6.18 Å².